The quantitative estimate of drug-likeness (QED) is 0.798. The molecule has 2 aromatic rings. The van der Waals surface area contributed by atoms with E-state index in [0.717, 1.165) is 42.0 Å². The number of halogens is 1. The predicted octanol–water partition coefficient (Wildman–Crippen LogP) is 4.03. The van der Waals surface area contributed by atoms with Gasteiger partial charge < -0.3 is 10.2 Å². The molecule has 0 aliphatic rings. The van der Waals surface area contributed by atoms with Gasteiger partial charge in [0, 0.05) is 40.4 Å². The van der Waals surface area contributed by atoms with Crippen molar-refractivity contribution in [2.75, 3.05) is 29.9 Å². The van der Waals surface area contributed by atoms with Crippen LogP contribution in [0.4, 0.5) is 11.9 Å². The zero-order valence-electron chi connectivity index (χ0n) is 12.6. The summed E-state index contributed by atoms with van der Waals surface area (Å²) in [6.45, 7) is 8.93. The highest BCUT2D eigenvalue weighted by atomic mass is 79.9. The molecule has 21 heavy (non-hydrogen) atoms. The largest absolute Gasteiger partial charge is 0.354 e. The Balaban J connectivity index is 2.44. The second-order valence-electron chi connectivity index (χ2n) is 4.52. The SMILES string of the molecule is CCCNc1nc(-c2cscc2Br)nc(N(CC)CC)n1. The summed E-state index contributed by atoms with van der Waals surface area (Å²) in [5.41, 5.74) is 1.01. The number of hydrogen-bond donors (Lipinski definition) is 1. The molecule has 0 unspecified atom stereocenters. The fraction of sp³-hybridized carbons (Fsp3) is 0.500. The Morgan fingerprint density at radius 3 is 2.48 bits per heavy atom. The maximum atomic E-state index is 4.63. The lowest BCUT2D eigenvalue weighted by Gasteiger charge is -2.19. The summed E-state index contributed by atoms with van der Waals surface area (Å²) in [6.07, 6.45) is 1.03. The van der Waals surface area contributed by atoms with Crippen molar-refractivity contribution < 1.29 is 0 Å². The minimum absolute atomic E-state index is 0.641. The van der Waals surface area contributed by atoms with Gasteiger partial charge in [-0.05, 0) is 36.2 Å². The molecular weight excluding hydrogens is 350 g/mol. The van der Waals surface area contributed by atoms with E-state index in [0.29, 0.717) is 11.8 Å². The van der Waals surface area contributed by atoms with Crippen LogP contribution < -0.4 is 10.2 Å². The molecule has 0 spiro atoms. The third-order valence-electron chi connectivity index (χ3n) is 3.06. The van der Waals surface area contributed by atoms with E-state index in [1.807, 2.05) is 5.38 Å². The lowest BCUT2D eigenvalue weighted by Crippen LogP contribution is -2.25. The predicted molar refractivity (Wildman–Crippen MR) is 93.2 cm³/mol. The number of rotatable bonds is 7. The Kier molecular flexibility index (Phi) is 5.93. The van der Waals surface area contributed by atoms with Gasteiger partial charge in [0.2, 0.25) is 11.9 Å². The summed E-state index contributed by atoms with van der Waals surface area (Å²) in [5, 5.41) is 7.35. The molecule has 0 bridgehead atoms. The van der Waals surface area contributed by atoms with Gasteiger partial charge in [-0.1, -0.05) is 6.92 Å². The van der Waals surface area contributed by atoms with Crippen molar-refractivity contribution in [1.82, 2.24) is 15.0 Å². The molecule has 0 saturated carbocycles. The standard InChI is InChI=1S/C14H20BrN5S/c1-4-7-16-13-17-12(10-8-21-9-11(10)15)18-14(19-13)20(5-2)6-3/h8-9H,4-7H2,1-3H3,(H,16,17,18,19). The van der Waals surface area contributed by atoms with Crippen LogP contribution in [-0.4, -0.2) is 34.6 Å². The van der Waals surface area contributed by atoms with Crippen LogP contribution >= 0.6 is 27.3 Å². The molecule has 0 aliphatic heterocycles. The molecule has 2 aromatic heterocycles. The minimum atomic E-state index is 0.641. The van der Waals surface area contributed by atoms with Crippen LogP contribution in [0.3, 0.4) is 0 Å². The number of aromatic nitrogens is 3. The van der Waals surface area contributed by atoms with Crippen LogP contribution in [0.2, 0.25) is 0 Å². The topological polar surface area (TPSA) is 53.9 Å². The van der Waals surface area contributed by atoms with E-state index >= 15 is 0 Å². The van der Waals surface area contributed by atoms with Crippen molar-refractivity contribution >= 4 is 39.2 Å². The smallest absolute Gasteiger partial charge is 0.230 e. The summed E-state index contributed by atoms with van der Waals surface area (Å²) in [4.78, 5) is 15.8. The van der Waals surface area contributed by atoms with Gasteiger partial charge in [-0.3, -0.25) is 0 Å². The van der Waals surface area contributed by atoms with Crippen molar-refractivity contribution in [1.29, 1.82) is 0 Å². The van der Waals surface area contributed by atoms with E-state index in [2.05, 4.69) is 67.2 Å². The van der Waals surface area contributed by atoms with Gasteiger partial charge in [0.25, 0.3) is 0 Å². The molecule has 0 radical (unpaired) electrons. The van der Waals surface area contributed by atoms with Crippen LogP contribution in [0.25, 0.3) is 11.4 Å². The van der Waals surface area contributed by atoms with Gasteiger partial charge in [0.15, 0.2) is 5.82 Å². The Morgan fingerprint density at radius 1 is 1.14 bits per heavy atom. The maximum Gasteiger partial charge on any atom is 0.230 e. The van der Waals surface area contributed by atoms with E-state index in [9.17, 15) is 0 Å². The van der Waals surface area contributed by atoms with Gasteiger partial charge in [0.1, 0.15) is 0 Å². The van der Waals surface area contributed by atoms with Gasteiger partial charge in [-0.2, -0.15) is 26.3 Å². The van der Waals surface area contributed by atoms with Crippen molar-refractivity contribution in [2.45, 2.75) is 27.2 Å². The van der Waals surface area contributed by atoms with Crippen molar-refractivity contribution in [2.24, 2.45) is 0 Å². The third kappa shape index (κ3) is 3.91. The number of thiophene rings is 1. The van der Waals surface area contributed by atoms with Crippen LogP contribution in [0.15, 0.2) is 15.2 Å². The average Bonchev–Trinajstić information content (AvgIpc) is 2.92. The van der Waals surface area contributed by atoms with Crippen molar-refractivity contribution in [3.05, 3.63) is 15.2 Å². The normalized spacial score (nSPS) is 10.7. The number of nitrogens with one attached hydrogen (secondary N) is 1. The summed E-state index contributed by atoms with van der Waals surface area (Å²) in [6, 6.07) is 0. The van der Waals surface area contributed by atoms with Crippen LogP contribution in [-0.2, 0) is 0 Å². The molecule has 0 saturated heterocycles. The lowest BCUT2D eigenvalue weighted by atomic mass is 10.3. The Labute approximate surface area is 138 Å². The van der Waals surface area contributed by atoms with Crippen molar-refractivity contribution in [3.63, 3.8) is 0 Å². The first-order chi connectivity index (χ1) is 10.2. The molecule has 1 N–H and O–H groups in total. The Bertz CT molecular complexity index is 582. The van der Waals surface area contributed by atoms with Gasteiger partial charge in [-0.25, -0.2) is 0 Å². The zero-order chi connectivity index (χ0) is 15.2. The van der Waals surface area contributed by atoms with E-state index < -0.39 is 0 Å². The first-order valence-electron chi connectivity index (χ1n) is 7.16. The first-order valence-corrected chi connectivity index (χ1v) is 8.90. The molecule has 2 heterocycles. The highest BCUT2D eigenvalue weighted by molar-refractivity contribution is 9.10. The highest BCUT2D eigenvalue weighted by Crippen LogP contribution is 2.30. The fourth-order valence-corrected chi connectivity index (χ4v) is 3.34. The summed E-state index contributed by atoms with van der Waals surface area (Å²) < 4.78 is 1.02. The lowest BCUT2D eigenvalue weighted by molar-refractivity contribution is 0.812. The molecule has 7 heteroatoms. The summed E-state index contributed by atoms with van der Waals surface area (Å²) in [5.74, 6) is 2.07. The van der Waals surface area contributed by atoms with E-state index in [4.69, 9.17) is 0 Å². The number of hydrogen-bond acceptors (Lipinski definition) is 6. The molecular formula is C14H20BrN5S. The molecule has 0 fully saturated rings. The monoisotopic (exact) mass is 369 g/mol. The van der Waals surface area contributed by atoms with Crippen molar-refractivity contribution in [3.8, 4) is 11.4 Å². The fourth-order valence-electron chi connectivity index (χ4n) is 1.89. The molecule has 0 aliphatic carbocycles. The third-order valence-corrected chi connectivity index (χ3v) is 4.76. The van der Waals surface area contributed by atoms with Crippen LogP contribution in [0.1, 0.15) is 27.2 Å². The number of anilines is 2. The second-order valence-corrected chi connectivity index (χ2v) is 6.11. The summed E-state index contributed by atoms with van der Waals surface area (Å²) >= 11 is 5.18. The molecule has 5 nitrogen and oxygen atoms in total. The molecule has 0 amide bonds. The highest BCUT2D eigenvalue weighted by Gasteiger charge is 2.14. The molecule has 2 rings (SSSR count). The Morgan fingerprint density at radius 2 is 1.90 bits per heavy atom. The molecule has 114 valence electrons. The first kappa shape index (κ1) is 16.2. The number of nitrogens with zero attached hydrogens (tertiary/aromatic N) is 4. The zero-order valence-corrected chi connectivity index (χ0v) is 15.0. The second kappa shape index (κ2) is 7.70. The molecule has 0 aromatic carbocycles. The Hall–Kier alpha value is -1.21. The van der Waals surface area contributed by atoms with Crippen LogP contribution in [0.5, 0.6) is 0 Å². The minimum Gasteiger partial charge on any atom is -0.354 e. The molecule has 0 atom stereocenters. The summed E-state index contributed by atoms with van der Waals surface area (Å²) in [7, 11) is 0. The van der Waals surface area contributed by atoms with Crippen LogP contribution in [0, 0.1) is 0 Å². The van der Waals surface area contributed by atoms with Gasteiger partial charge >= 0.3 is 0 Å². The van der Waals surface area contributed by atoms with Gasteiger partial charge in [-0.15, -0.1) is 0 Å². The van der Waals surface area contributed by atoms with E-state index in [1.165, 1.54) is 0 Å². The van der Waals surface area contributed by atoms with E-state index in [-0.39, 0.29) is 0 Å². The van der Waals surface area contributed by atoms with Gasteiger partial charge in [0.05, 0.1) is 0 Å². The average molecular weight is 370 g/mol. The maximum absolute atomic E-state index is 4.63. The van der Waals surface area contributed by atoms with E-state index in [1.54, 1.807) is 11.3 Å².